The molecule has 0 aliphatic carbocycles. The van der Waals surface area contributed by atoms with Crippen molar-refractivity contribution in [1.82, 2.24) is 14.5 Å². The summed E-state index contributed by atoms with van der Waals surface area (Å²) in [5.41, 5.74) is 2.33. The van der Waals surface area contributed by atoms with Crippen molar-refractivity contribution in [2.75, 3.05) is 39.2 Å². The van der Waals surface area contributed by atoms with E-state index in [4.69, 9.17) is 21.1 Å². The predicted octanol–water partition coefficient (Wildman–Crippen LogP) is 5.07. The smallest absolute Gasteiger partial charge is 0.254 e. The monoisotopic (exact) mass is 536 g/mol. The van der Waals surface area contributed by atoms with E-state index in [1.54, 1.807) is 42.1 Å². The summed E-state index contributed by atoms with van der Waals surface area (Å²) in [6.07, 6.45) is 1.72. The van der Waals surface area contributed by atoms with Crippen LogP contribution in [-0.2, 0) is 9.53 Å². The van der Waals surface area contributed by atoms with E-state index >= 15 is 0 Å². The molecule has 3 aromatic carbocycles. The average molecular weight is 537 g/mol. The molecule has 0 radical (unpaired) electrons. The van der Waals surface area contributed by atoms with Gasteiger partial charge in [0.25, 0.3) is 5.91 Å². The largest absolute Gasteiger partial charge is 0.497 e. The van der Waals surface area contributed by atoms with E-state index in [0.717, 1.165) is 5.56 Å². The van der Waals surface area contributed by atoms with Gasteiger partial charge in [-0.15, -0.1) is 0 Å². The lowest BCUT2D eigenvalue weighted by molar-refractivity contribution is -0.117. The summed E-state index contributed by atoms with van der Waals surface area (Å²) in [5, 5.41) is 2.72. The number of ether oxygens (including phenoxy) is 2. The fourth-order valence-electron chi connectivity index (χ4n) is 3.76. The number of rotatable bonds is 10. The van der Waals surface area contributed by atoms with Crippen LogP contribution >= 0.6 is 11.6 Å². The number of nitrogens with one attached hydrogen (secondary N) is 1. The van der Waals surface area contributed by atoms with Gasteiger partial charge in [-0.05, 0) is 42.5 Å². The number of nitrogens with zero attached hydrogens (tertiary/aromatic N) is 3. The summed E-state index contributed by atoms with van der Waals surface area (Å²) in [4.78, 5) is 32.3. The number of methoxy groups -OCH3 is 2. The highest BCUT2D eigenvalue weighted by molar-refractivity contribution is 6.30. The normalized spacial score (nSPS) is 10.7. The number of anilines is 1. The highest BCUT2D eigenvalue weighted by Gasteiger charge is 2.21. The summed E-state index contributed by atoms with van der Waals surface area (Å²) in [6, 6.07) is 20.3. The molecule has 8 nitrogen and oxygen atoms in total. The van der Waals surface area contributed by atoms with Crippen molar-refractivity contribution in [3.05, 3.63) is 95.4 Å². The molecule has 0 aliphatic heterocycles. The van der Waals surface area contributed by atoms with Crippen LogP contribution in [0, 0.1) is 5.82 Å². The Hall–Kier alpha value is -4.21. The van der Waals surface area contributed by atoms with Crippen molar-refractivity contribution >= 4 is 29.4 Å². The van der Waals surface area contributed by atoms with E-state index in [2.05, 4.69) is 10.3 Å². The van der Waals surface area contributed by atoms with Crippen molar-refractivity contribution in [3.8, 4) is 22.7 Å². The molecule has 1 N–H and O–H groups in total. The third-order valence-corrected chi connectivity index (χ3v) is 6.02. The van der Waals surface area contributed by atoms with Crippen molar-refractivity contribution in [3.63, 3.8) is 0 Å². The van der Waals surface area contributed by atoms with Gasteiger partial charge in [-0.25, -0.2) is 9.37 Å². The minimum absolute atomic E-state index is 0.0643. The molecule has 0 aliphatic rings. The second-order valence-corrected chi connectivity index (χ2v) is 8.69. The van der Waals surface area contributed by atoms with Crippen molar-refractivity contribution in [2.45, 2.75) is 0 Å². The Morgan fingerprint density at radius 2 is 1.79 bits per heavy atom. The first kappa shape index (κ1) is 26.8. The van der Waals surface area contributed by atoms with Gasteiger partial charge in [0.2, 0.25) is 11.9 Å². The summed E-state index contributed by atoms with van der Waals surface area (Å²) in [7, 11) is 3.06. The molecule has 1 aromatic heterocycles. The first-order valence-electron chi connectivity index (χ1n) is 11.7. The van der Waals surface area contributed by atoms with E-state index < -0.39 is 11.7 Å². The summed E-state index contributed by atoms with van der Waals surface area (Å²) in [5.74, 6) is -0.554. The molecule has 0 atom stereocenters. The molecule has 4 aromatic rings. The molecule has 0 bridgehead atoms. The highest BCUT2D eigenvalue weighted by Crippen LogP contribution is 2.26. The van der Waals surface area contributed by atoms with Crippen LogP contribution in [0.25, 0.3) is 16.9 Å². The van der Waals surface area contributed by atoms with E-state index in [-0.39, 0.29) is 36.6 Å². The molecular formula is C28H26ClFN4O4. The fraction of sp³-hybridized carbons (Fsp3) is 0.179. The SMILES string of the molecule is COCCN(CC(=O)Nc1nc(-c2ccccc2)cn1-c1ccc(F)c(Cl)c1)C(=O)c1ccc(OC)cc1. The third-order valence-electron chi connectivity index (χ3n) is 5.73. The number of hydrogen-bond acceptors (Lipinski definition) is 5. The van der Waals surface area contributed by atoms with Gasteiger partial charge >= 0.3 is 0 Å². The number of imidazole rings is 1. The number of benzene rings is 3. The van der Waals surface area contributed by atoms with Crippen molar-refractivity contribution in [1.29, 1.82) is 0 Å². The zero-order chi connectivity index (χ0) is 27.1. The molecule has 0 spiro atoms. The third kappa shape index (κ3) is 6.37. The van der Waals surface area contributed by atoms with Crippen LogP contribution in [0.5, 0.6) is 5.75 Å². The molecule has 0 unspecified atom stereocenters. The molecule has 196 valence electrons. The van der Waals surface area contributed by atoms with Crippen LogP contribution < -0.4 is 10.1 Å². The second-order valence-electron chi connectivity index (χ2n) is 8.28. The van der Waals surface area contributed by atoms with Gasteiger partial charge in [-0.3, -0.25) is 19.5 Å². The fourth-order valence-corrected chi connectivity index (χ4v) is 3.93. The summed E-state index contributed by atoms with van der Waals surface area (Å²) in [6.45, 7) is 0.202. The number of amides is 2. The van der Waals surface area contributed by atoms with Gasteiger partial charge in [0.05, 0.1) is 30.1 Å². The number of carbonyl (C=O) groups excluding carboxylic acids is 2. The quantitative estimate of drug-likeness (QED) is 0.306. The minimum Gasteiger partial charge on any atom is -0.497 e. The Balaban J connectivity index is 1.60. The van der Waals surface area contributed by atoms with Gasteiger partial charge < -0.3 is 14.4 Å². The average Bonchev–Trinajstić information content (AvgIpc) is 3.36. The Labute approximate surface area is 224 Å². The van der Waals surface area contributed by atoms with Crippen LogP contribution in [-0.4, -0.2) is 60.2 Å². The Bertz CT molecular complexity index is 1410. The van der Waals surface area contributed by atoms with Gasteiger partial charge in [0.1, 0.15) is 18.1 Å². The minimum atomic E-state index is -0.560. The van der Waals surface area contributed by atoms with Gasteiger partial charge in [0, 0.05) is 31.0 Å². The maximum Gasteiger partial charge on any atom is 0.254 e. The maximum atomic E-state index is 13.8. The molecule has 38 heavy (non-hydrogen) atoms. The van der Waals surface area contributed by atoms with E-state index in [1.165, 1.54) is 30.2 Å². The Morgan fingerprint density at radius 1 is 1.05 bits per heavy atom. The van der Waals surface area contributed by atoms with E-state index in [9.17, 15) is 14.0 Å². The van der Waals surface area contributed by atoms with Crippen molar-refractivity contribution in [2.24, 2.45) is 0 Å². The lowest BCUT2D eigenvalue weighted by Gasteiger charge is -2.22. The summed E-state index contributed by atoms with van der Waals surface area (Å²) < 4.78 is 25.7. The zero-order valence-electron chi connectivity index (χ0n) is 20.9. The number of carbonyl (C=O) groups is 2. The Kier molecular flexibility index (Phi) is 8.73. The lowest BCUT2D eigenvalue weighted by Crippen LogP contribution is -2.40. The molecule has 0 saturated carbocycles. The van der Waals surface area contributed by atoms with Crippen LogP contribution in [0.3, 0.4) is 0 Å². The van der Waals surface area contributed by atoms with Crippen LogP contribution in [0.4, 0.5) is 10.3 Å². The van der Waals surface area contributed by atoms with E-state index in [0.29, 0.717) is 22.7 Å². The second kappa shape index (κ2) is 12.4. The zero-order valence-corrected chi connectivity index (χ0v) is 21.6. The molecular weight excluding hydrogens is 511 g/mol. The number of aromatic nitrogens is 2. The van der Waals surface area contributed by atoms with Gasteiger partial charge in [-0.1, -0.05) is 41.9 Å². The van der Waals surface area contributed by atoms with E-state index in [1.807, 2.05) is 30.3 Å². The first-order chi connectivity index (χ1) is 18.4. The Morgan fingerprint density at radius 3 is 2.45 bits per heavy atom. The van der Waals surface area contributed by atoms with Crippen LogP contribution in [0.15, 0.2) is 79.0 Å². The lowest BCUT2D eigenvalue weighted by atomic mass is 10.2. The maximum absolute atomic E-state index is 13.8. The van der Waals surface area contributed by atoms with Crippen LogP contribution in [0.1, 0.15) is 10.4 Å². The molecule has 0 saturated heterocycles. The number of hydrogen-bond donors (Lipinski definition) is 1. The molecule has 10 heteroatoms. The molecule has 2 amide bonds. The summed E-state index contributed by atoms with van der Waals surface area (Å²) >= 11 is 6.02. The topological polar surface area (TPSA) is 85.7 Å². The van der Waals surface area contributed by atoms with Crippen LogP contribution in [0.2, 0.25) is 5.02 Å². The highest BCUT2D eigenvalue weighted by atomic mass is 35.5. The molecule has 4 rings (SSSR count). The van der Waals surface area contributed by atoms with Gasteiger partial charge in [-0.2, -0.15) is 0 Å². The first-order valence-corrected chi connectivity index (χ1v) is 12.1. The molecule has 0 fully saturated rings. The van der Waals surface area contributed by atoms with Crippen molar-refractivity contribution < 1.29 is 23.5 Å². The number of halogens is 2. The molecule has 1 heterocycles. The van der Waals surface area contributed by atoms with Gasteiger partial charge in [0.15, 0.2) is 0 Å². The predicted molar refractivity (Wildman–Crippen MR) is 143 cm³/mol. The standard InChI is InChI=1S/C28H26ClFN4O4/c1-37-15-14-33(27(36)20-8-11-22(38-2)12-9-20)18-26(35)32-28-31-25(19-6-4-3-5-7-19)17-34(28)21-10-13-24(30)23(29)16-21/h3-13,16-17H,14-15,18H2,1-2H3,(H,31,32,35).